The van der Waals surface area contributed by atoms with Gasteiger partial charge in [-0.2, -0.15) is 0 Å². The Labute approximate surface area is 108 Å². The number of sulfonamides is 1. The van der Waals surface area contributed by atoms with Gasteiger partial charge in [-0.25, -0.2) is 23.0 Å². The van der Waals surface area contributed by atoms with Crippen molar-refractivity contribution >= 4 is 27.7 Å². The Bertz CT molecular complexity index is 549. The fraction of sp³-hybridized carbons (Fsp3) is 0.222. The van der Waals surface area contributed by atoms with Crippen LogP contribution >= 0.6 is 11.6 Å². The molecule has 18 heavy (non-hydrogen) atoms. The van der Waals surface area contributed by atoms with Gasteiger partial charge in [0.05, 0.1) is 6.61 Å². The number of nitrogens with one attached hydrogen (secondary N) is 2. The van der Waals surface area contributed by atoms with Crippen LogP contribution in [0.3, 0.4) is 0 Å². The summed E-state index contributed by atoms with van der Waals surface area (Å²) in [6, 6.07) is 3.04. The summed E-state index contributed by atoms with van der Waals surface area (Å²) in [5.74, 6) is -1.03. The first-order chi connectivity index (χ1) is 8.36. The number of hydrogen-bond donors (Lipinski definition) is 2. The van der Waals surface area contributed by atoms with Crippen molar-refractivity contribution in [3.05, 3.63) is 29.0 Å². The van der Waals surface area contributed by atoms with Crippen LogP contribution in [0.25, 0.3) is 0 Å². The van der Waals surface area contributed by atoms with Crippen molar-refractivity contribution in [1.82, 2.24) is 10.3 Å². The van der Waals surface area contributed by atoms with Crippen LogP contribution in [0.2, 0.25) is 5.02 Å². The Morgan fingerprint density at radius 1 is 1.50 bits per heavy atom. The van der Waals surface area contributed by atoms with E-state index in [0.29, 0.717) is 0 Å². The van der Waals surface area contributed by atoms with Crippen LogP contribution in [0.15, 0.2) is 23.1 Å². The first kappa shape index (κ1) is 14.7. The summed E-state index contributed by atoms with van der Waals surface area (Å²) in [4.78, 5) is 11.9. The van der Waals surface area contributed by atoms with E-state index in [-0.39, 0.29) is 11.6 Å². The number of carbonyl (C=O) groups excluding carboxylic acids is 1. The summed E-state index contributed by atoms with van der Waals surface area (Å²) in [5, 5.41) is 0.0600. The summed E-state index contributed by atoms with van der Waals surface area (Å²) in [5.41, 5.74) is 1.77. The molecule has 9 heteroatoms. The Morgan fingerprint density at radius 2 is 2.17 bits per heavy atom. The van der Waals surface area contributed by atoms with Crippen molar-refractivity contribution in [3.63, 3.8) is 0 Å². The SMILES string of the molecule is CCOC(=O)NNS(=O)(=O)c1ccc(Cl)cc1F. The molecule has 0 bridgehead atoms. The number of hydrogen-bond acceptors (Lipinski definition) is 4. The third-order valence-electron chi connectivity index (χ3n) is 1.75. The third kappa shape index (κ3) is 3.83. The Kier molecular flexibility index (Phi) is 4.88. The molecule has 1 aromatic carbocycles. The number of carbonyl (C=O) groups is 1. The molecule has 0 spiro atoms. The van der Waals surface area contributed by atoms with Crippen LogP contribution in [-0.2, 0) is 14.8 Å². The maximum atomic E-state index is 13.4. The Balaban J connectivity index is 2.83. The van der Waals surface area contributed by atoms with Crippen LogP contribution in [0.5, 0.6) is 0 Å². The molecule has 0 saturated carbocycles. The van der Waals surface area contributed by atoms with Gasteiger partial charge in [0.15, 0.2) is 0 Å². The van der Waals surface area contributed by atoms with Gasteiger partial charge >= 0.3 is 6.09 Å². The average Bonchev–Trinajstić information content (AvgIpc) is 2.26. The molecule has 1 rings (SSSR count). The van der Waals surface area contributed by atoms with E-state index in [1.165, 1.54) is 6.07 Å². The molecule has 0 aliphatic heterocycles. The largest absolute Gasteiger partial charge is 0.449 e. The highest BCUT2D eigenvalue weighted by Gasteiger charge is 2.20. The normalized spacial score (nSPS) is 11.1. The summed E-state index contributed by atoms with van der Waals surface area (Å²) in [7, 11) is -4.22. The van der Waals surface area contributed by atoms with Crippen LogP contribution in [0.4, 0.5) is 9.18 Å². The minimum atomic E-state index is -4.22. The smallest absolute Gasteiger partial charge is 0.422 e. The van der Waals surface area contributed by atoms with Gasteiger partial charge in [-0.1, -0.05) is 11.6 Å². The van der Waals surface area contributed by atoms with Crippen molar-refractivity contribution in [1.29, 1.82) is 0 Å². The predicted octanol–water partition coefficient (Wildman–Crippen LogP) is 1.42. The molecule has 0 saturated heterocycles. The van der Waals surface area contributed by atoms with Crippen LogP contribution in [0.1, 0.15) is 6.92 Å². The highest BCUT2D eigenvalue weighted by atomic mass is 35.5. The maximum Gasteiger partial charge on any atom is 0.422 e. The van der Waals surface area contributed by atoms with Crippen LogP contribution < -0.4 is 10.3 Å². The molecule has 0 aromatic heterocycles. The van der Waals surface area contributed by atoms with Crippen molar-refractivity contribution in [2.24, 2.45) is 0 Å². The molecule has 100 valence electrons. The molecule has 0 heterocycles. The predicted molar refractivity (Wildman–Crippen MR) is 61.9 cm³/mol. The quantitative estimate of drug-likeness (QED) is 0.823. The van der Waals surface area contributed by atoms with Gasteiger partial charge in [-0.05, 0) is 25.1 Å². The van der Waals surface area contributed by atoms with E-state index in [2.05, 4.69) is 4.74 Å². The van der Waals surface area contributed by atoms with Gasteiger partial charge in [0.2, 0.25) is 0 Å². The molecule has 6 nitrogen and oxygen atoms in total. The van der Waals surface area contributed by atoms with E-state index in [4.69, 9.17) is 11.6 Å². The van der Waals surface area contributed by atoms with Crippen molar-refractivity contribution in [3.8, 4) is 0 Å². The third-order valence-corrected chi connectivity index (χ3v) is 3.26. The van der Waals surface area contributed by atoms with Crippen LogP contribution in [0, 0.1) is 5.82 Å². The van der Waals surface area contributed by atoms with Gasteiger partial charge in [0.1, 0.15) is 10.7 Å². The fourth-order valence-corrected chi connectivity index (χ4v) is 2.07. The van der Waals surface area contributed by atoms with Crippen molar-refractivity contribution in [2.75, 3.05) is 6.61 Å². The van der Waals surface area contributed by atoms with Gasteiger partial charge in [-0.15, -0.1) is 4.83 Å². The minimum Gasteiger partial charge on any atom is -0.449 e. The van der Waals surface area contributed by atoms with Gasteiger partial charge in [0, 0.05) is 5.02 Å². The Hall–Kier alpha value is -1.38. The number of benzene rings is 1. The minimum absolute atomic E-state index is 0.0600. The zero-order chi connectivity index (χ0) is 13.8. The maximum absolute atomic E-state index is 13.4. The first-order valence-corrected chi connectivity index (χ1v) is 6.62. The van der Waals surface area contributed by atoms with E-state index in [0.717, 1.165) is 12.1 Å². The van der Waals surface area contributed by atoms with E-state index >= 15 is 0 Å². The molecule has 0 radical (unpaired) electrons. The lowest BCUT2D eigenvalue weighted by molar-refractivity contribution is 0.150. The second-order valence-electron chi connectivity index (χ2n) is 3.03. The number of rotatable bonds is 4. The molecule has 0 unspecified atom stereocenters. The lowest BCUT2D eigenvalue weighted by Gasteiger charge is -2.08. The van der Waals surface area contributed by atoms with E-state index in [1.807, 2.05) is 0 Å². The molecule has 1 amide bonds. The molecule has 0 aliphatic rings. The molecule has 0 atom stereocenters. The van der Waals surface area contributed by atoms with E-state index in [9.17, 15) is 17.6 Å². The highest BCUT2D eigenvalue weighted by Crippen LogP contribution is 2.18. The van der Waals surface area contributed by atoms with Gasteiger partial charge in [0.25, 0.3) is 10.0 Å². The first-order valence-electron chi connectivity index (χ1n) is 4.76. The molecule has 0 fully saturated rings. The fourth-order valence-electron chi connectivity index (χ4n) is 1.02. The number of hydrazine groups is 1. The lowest BCUT2D eigenvalue weighted by Crippen LogP contribution is -2.42. The second-order valence-corrected chi connectivity index (χ2v) is 5.11. The monoisotopic (exact) mass is 296 g/mol. The molecule has 2 N–H and O–H groups in total. The number of amides is 1. The second kappa shape index (κ2) is 5.98. The molecular formula is C9H10ClFN2O4S. The summed E-state index contributed by atoms with van der Waals surface area (Å²) in [6.45, 7) is 1.62. The highest BCUT2D eigenvalue weighted by molar-refractivity contribution is 7.89. The molecular weight excluding hydrogens is 287 g/mol. The lowest BCUT2D eigenvalue weighted by atomic mass is 10.3. The van der Waals surface area contributed by atoms with E-state index in [1.54, 1.807) is 17.2 Å². The molecule has 0 aliphatic carbocycles. The van der Waals surface area contributed by atoms with Crippen LogP contribution in [-0.4, -0.2) is 21.1 Å². The average molecular weight is 297 g/mol. The van der Waals surface area contributed by atoms with Gasteiger partial charge in [-0.3, -0.25) is 0 Å². The number of ether oxygens (including phenoxy) is 1. The summed E-state index contributed by atoms with van der Waals surface area (Å²) in [6.07, 6.45) is -0.990. The standard InChI is InChI=1S/C9H10ClFN2O4S/c1-2-17-9(14)12-13-18(15,16)8-4-3-6(10)5-7(8)11/h3-5,13H,2H2,1H3,(H,12,14). The number of halogens is 2. The van der Waals surface area contributed by atoms with Gasteiger partial charge < -0.3 is 4.74 Å². The zero-order valence-corrected chi connectivity index (χ0v) is 10.8. The Morgan fingerprint density at radius 3 is 2.72 bits per heavy atom. The zero-order valence-electron chi connectivity index (χ0n) is 9.24. The topological polar surface area (TPSA) is 84.5 Å². The summed E-state index contributed by atoms with van der Waals surface area (Å²) >= 11 is 5.49. The molecule has 1 aromatic rings. The van der Waals surface area contributed by atoms with Crippen molar-refractivity contribution in [2.45, 2.75) is 11.8 Å². The van der Waals surface area contributed by atoms with E-state index < -0.39 is 26.8 Å². The summed E-state index contributed by atoms with van der Waals surface area (Å²) < 4.78 is 41.0. The van der Waals surface area contributed by atoms with Crippen molar-refractivity contribution < 1.29 is 22.3 Å².